The Kier molecular flexibility index (Phi) is 3.92. The highest BCUT2D eigenvalue weighted by Gasteiger charge is 2.29. The molecule has 2 aromatic carbocycles. The fourth-order valence-electron chi connectivity index (χ4n) is 2.90. The van der Waals surface area contributed by atoms with Gasteiger partial charge in [0.2, 0.25) is 0 Å². The summed E-state index contributed by atoms with van der Waals surface area (Å²) in [5, 5.41) is 11.0. The third kappa shape index (κ3) is 2.49. The van der Waals surface area contributed by atoms with E-state index in [0.29, 0.717) is 11.5 Å². The fourth-order valence-corrected chi connectivity index (χ4v) is 2.90. The molecule has 0 aliphatic heterocycles. The molecule has 0 bridgehead atoms. The molecular weight excluding hydrogens is 272 g/mol. The minimum absolute atomic E-state index is 0.673. The molecule has 0 saturated heterocycles. The zero-order valence-corrected chi connectivity index (χ0v) is 12.8. The second-order valence-corrected chi connectivity index (χ2v) is 5.83. The Balaban J connectivity index is 1.92. The number of hydrogen-bond donors (Lipinski definition) is 1. The maximum Gasteiger partial charge on any atom is 0.176 e. The molecule has 1 unspecified atom stereocenters. The highest BCUT2D eigenvalue weighted by molar-refractivity contribution is 5.46. The molecule has 0 aromatic heterocycles. The third-order valence-corrected chi connectivity index (χ3v) is 4.62. The quantitative estimate of drug-likeness (QED) is 0.868. The molecule has 0 amide bonds. The maximum atomic E-state index is 11.0. The number of terminal acetylenes is 1. The Hall–Kier alpha value is -2.24. The molecule has 0 radical (unpaired) electrons. The van der Waals surface area contributed by atoms with Crippen molar-refractivity contribution in [3.8, 4) is 18.1 Å². The molecule has 22 heavy (non-hydrogen) atoms. The first-order chi connectivity index (χ1) is 10.7. The van der Waals surface area contributed by atoms with Gasteiger partial charge < -0.3 is 9.84 Å². The second-order valence-electron chi connectivity index (χ2n) is 5.83. The standard InChI is InChI=1S/C20H20O2/c1-3-20(21,18-11-13-19(22-2)14-12-18)17-9-7-16(8-10-17)15-5-4-6-15/h1,7-15,21H,4-6H2,2H3. The van der Waals surface area contributed by atoms with Gasteiger partial charge in [-0.15, -0.1) is 6.42 Å². The van der Waals surface area contributed by atoms with Crippen LogP contribution < -0.4 is 4.74 Å². The van der Waals surface area contributed by atoms with Crippen molar-refractivity contribution in [2.45, 2.75) is 30.8 Å². The summed E-state index contributed by atoms with van der Waals surface area (Å²) in [6.07, 6.45) is 9.48. The van der Waals surface area contributed by atoms with Crippen molar-refractivity contribution in [3.63, 3.8) is 0 Å². The minimum Gasteiger partial charge on any atom is -0.497 e. The number of benzene rings is 2. The smallest absolute Gasteiger partial charge is 0.176 e. The first kappa shape index (κ1) is 14.7. The lowest BCUT2D eigenvalue weighted by Crippen LogP contribution is -2.25. The lowest BCUT2D eigenvalue weighted by atomic mass is 9.79. The number of hydrogen-bond acceptors (Lipinski definition) is 2. The average molecular weight is 292 g/mol. The van der Waals surface area contributed by atoms with Crippen molar-refractivity contribution in [2.75, 3.05) is 7.11 Å². The van der Waals surface area contributed by atoms with Crippen LogP contribution in [0.1, 0.15) is 41.9 Å². The summed E-state index contributed by atoms with van der Waals surface area (Å²) < 4.78 is 5.15. The number of methoxy groups -OCH3 is 1. The van der Waals surface area contributed by atoms with Gasteiger partial charge in [-0.3, -0.25) is 0 Å². The van der Waals surface area contributed by atoms with Crippen LogP contribution >= 0.6 is 0 Å². The molecular formula is C20H20O2. The van der Waals surface area contributed by atoms with E-state index in [0.717, 1.165) is 11.3 Å². The van der Waals surface area contributed by atoms with Crippen molar-refractivity contribution < 1.29 is 9.84 Å². The summed E-state index contributed by atoms with van der Waals surface area (Å²) in [4.78, 5) is 0. The van der Waals surface area contributed by atoms with Gasteiger partial charge >= 0.3 is 0 Å². The second kappa shape index (κ2) is 5.87. The molecule has 2 heteroatoms. The maximum absolute atomic E-state index is 11.0. The highest BCUT2D eigenvalue weighted by Crippen LogP contribution is 2.37. The van der Waals surface area contributed by atoms with Crippen molar-refractivity contribution in [2.24, 2.45) is 0 Å². The molecule has 2 aromatic rings. The van der Waals surface area contributed by atoms with Crippen LogP contribution in [0.5, 0.6) is 5.75 Å². The van der Waals surface area contributed by atoms with Crippen LogP contribution in [0.2, 0.25) is 0 Å². The van der Waals surface area contributed by atoms with E-state index in [9.17, 15) is 5.11 Å². The average Bonchev–Trinajstić information content (AvgIpc) is 2.53. The van der Waals surface area contributed by atoms with Gasteiger partial charge in [-0.2, -0.15) is 0 Å². The molecule has 3 rings (SSSR count). The third-order valence-electron chi connectivity index (χ3n) is 4.62. The van der Waals surface area contributed by atoms with Crippen molar-refractivity contribution in [3.05, 3.63) is 65.2 Å². The largest absolute Gasteiger partial charge is 0.497 e. The van der Waals surface area contributed by atoms with Crippen molar-refractivity contribution >= 4 is 0 Å². The van der Waals surface area contributed by atoms with E-state index in [4.69, 9.17) is 11.2 Å². The van der Waals surface area contributed by atoms with E-state index >= 15 is 0 Å². The van der Waals surface area contributed by atoms with Crippen LogP contribution in [0, 0.1) is 12.3 Å². The first-order valence-electron chi connectivity index (χ1n) is 7.62. The normalized spacial score (nSPS) is 17.1. The molecule has 1 N–H and O–H groups in total. The fraction of sp³-hybridized carbons (Fsp3) is 0.300. The summed E-state index contributed by atoms with van der Waals surface area (Å²) in [5.74, 6) is 3.95. The van der Waals surface area contributed by atoms with E-state index < -0.39 is 5.60 Å². The summed E-state index contributed by atoms with van der Waals surface area (Å²) in [5.41, 5.74) is 1.32. The van der Waals surface area contributed by atoms with Gasteiger partial charge in [-0.25, -0.2) is 0 Å². The van der Waals surface area contributed by atoms with E-state index in [2.05, 4.69) is 18.1 Å². The molecule has 112 valence electrons. The van der Waals surface area contributed by atoms with E-state index in [1.54, 1.807) is 31.4 Å². The lowest BCUT2D eigenvalue weighted by molar-refractivity contribution is 0.145. The minimum atomic E-state index is -1.41. The summed E-state index contributed by atoms with van der Waals surface area (Å²) in [6.45, 7) is 0. The Morgan fingerprint density at radius 3 is 2.00 bits per heavy atom. The van der Waals surface area contributed by atoms with E-state index in [1.165, 1.54) is 24.8 Å². The van der Waals surface area contributed by atoms with E-state index in [1.807, 2.05) is 12.1 Å². The summed E-state index contributed by atoms with van der Waals surface area (Å²) in [7, 11) is 1.61. The van der Waals surface area contributed by atoms with Crippen LogP contribution in [0.25, 0.3) is 0 Å². The molecule has 1 aliphatic carbocycles. The van der Waals surface area contributed by atoms with Gasteiger partial charge in [0, 0.05) is 11.1 Å². The van der Waals surface area contributed by atoms with Gasteiger partial charge in [0.15, 0.2) is 5.60 Å². The van der Waals surface area contributed by atoms with Crippen molar-refractivity contribution in [1.82, 2.24) is 0 Å². The van der Waals surface area contributed by atoms with Crippen LogP contribution in [0.4, 0.5) is 0 Å². The number of ether oxygens (including phenoxy) is 1. The molecule has 1 fully saturated rings. The zero-order chi connectivity index (χ0) is 15.6. The van der Waals surface area contributed by atoms with Crippen LogP contribution in [0.15, 0.2) is 48.5 Å². The molecule has 1 saturated carbocycles. The van der Waals surface area contributed by atoms with Crippen LogP contribution in [-0.2, 0) is 5.60 Å². The Morgan fingerprint density at radius 1 is 1.05 bits per heavy atom. The molecule has 1 atom stereocenters. The monoisotopic (exact) mass is 292 g/mol. The van der Waals surface area contributed by atoms with Crippen LogP contribution in [-0.4, -0.2) is 12.2 Å². The number of rotatable bonds is 4. The summed E-state index contributed by atoms with van der Waals surface area (Å²) >= 11 is 0. The predicted molar refractivity (Wildman–Crippen MR) is 87.9 cm³/mol. The SMILES string of the molecule is C#CC(O)(c1ccc(OC)cc1)c1ccc(C2CCC2)cc1. The topological polar surface area (TPSA) is 29.5 Å². The summed E-state index contributed by atoms with van der Waals surface area (Å²) in [6, 6.07) is 15.3. The zero-order valence-electron chi connectivity index (χ0n) is 12.8. The molecule has 1 aliphatic rings. The van der Waals surface area contributed by atoms with Gasteiger partial charge in [-0.05, 0) is 36.5 Å². The van der Waals surface area contributed by atoms with Gasteiger partial charge in [0.1, 0.15) is 5.75 Å². The lowest BCUT2D eigenvalue weighted by Gasteiger charge is -2.27. The van der Waals surface area contributed by atoms with Gasteiger partial charge in [0.25, 0.3) is 0 Å². The number of aliphatic hydroxyl groups is 1. The Morgan fingerprint density at radius 2 is 1.59 bits per heavy atom. The molecule has 0 heterocycles. The molecule has 0 spiro atoms. The predicted octanol–water partition coefficient (Wildman–Crippen LogP) is 3.83. The highest BCUT2D eigenvalue weighted by atomic mass is 16.5. The Bertz CT molecular complexity index is 675. The molecule has 2 nitrogen and oxygen atoms in total. The van der Waals surface area contributed by atoms with Crippen molar-refractivity contribution in [1.29, 1.82) is 0 Å². The van der Waals surface area contributed by atoms with Crippen LogP contribution in [0.3, 0.4) is 0 Å². The van der Waals surface area contributed by atoms with E-state index in [-0.39, 0.29) is 0 Å². The van der Waals surface area contributed by atoms with Gasteiger partial charge in [-0.1, -0.05) is 48.7 Å². The first-order valence-corrected chi connectivity index (χ1v) is 7.62. The Labute approximate surface area is 131 Å². The van der Waals surface area contributed by atoms with Gasteiger partial charge in [0.05, 0.1) is 7.11 Å².